The van der Waals surface area contributed by atoms with E-state index < -0.39 is 28.7 Å². The molecule has 1 aromatic heterocycles. The number of hydrogen-bond donors (Lipinski definition) is 1. The quantitative estimate of drug-likeness (QED) is 0.795. The highest BCUT2D eigenvalue weighted by molar-refractivity contribution is 7.17. The second-order valence-corrected chi connectivity index (χ2v) is 7.49. The molecule has 6 nitrogen and oxygen atoms in total. The zero-order valence-corrected chi connectivity index (χ0v) is 16.5. The van der Waals surface area contributed by atoms with Crippen LogP contribution in [0.5, 0.6) is 0 Å². The van der Waals surface area contributed by atoms with Crippen molar-refractivity contribution in [3.05, 3.63) is 40.9 Å². The summed E-state index contributed by atoms with van der Waals surface area (Å²) in [5.74, 6) is -0.799. The number of likely N-dealkylation sites (tertiary alicyclic amines) is 1. The van der Waals surface area contributed by atoms with Gasteiger partial charge in [0.15, 0.2) is 5.69 Å². The lowest BCUT2D eigenvalue weighted by Gasteiger charge is -2.31. The molecule has 10 heteroatoms. The second-order valence-electron chi connectivity index (χ2n) is 6.49. The first-order valence-corrected chi connectivity index (χ1v) is 9.97. The summed E-state index contributed by atoms with van der Waals surface area (Å²) in [4.78, 5) is 29.1. The Bertz CT molecular complexity index is 863. The molecule has 0 radical (unpaired) electrons. The standard InChI is InChI=1S/C19H20F3N3O3S/c1-2-28-18(27)25-10-8-13(9-11-25)23-16(26)14-15(19(20,21)22)24-17(29-14)12-6-4-3-5-7-12/h3-7,13H,2,8-11H2,1H3,(H,23,26). The third-order valence-corrected chi connectivity index (χ3v) is 5.58. The first-order chi connectivity index (χ1) is 13.8. The molecule has 0 atom stereocenters. The van der Waals surface area contributed by atoms with Gasteiger partial charge in [-0.2, -0.15) is 13.2 Å². The van der Waals surface area contributed by atoms with Gasteiger partial charge in [-0.15, -0.1) is 11.3 Å². The van der Waals surface area contributed by atoms with Crippen molar-refractivity contribution < 1.29 is 27.5 Å². The number of aromatic nitrogens is 1. The van der Waals surface area contributed by atoms with Crippen LogP contribution in [0.2, 0.25) is 0 Å². The molecule has 2 amide bonds. The van der Waals surface area contributed by atoms with Gasteiger partial charge < -0.3 is 15.0 Å². The van der Waals surface area contributed by atoms with Crippen LogP contribution in [0, 0.1) is 0 Å². The minimum atomic E-state index is -4.73. The number of carbonyl (C=O) groups excluding carboxylic acids is 2. The lowest BCUT2D eigenvalue weighted by molar-refractivity contribution is -0.141. The van der Waals surface area contributed by atoms with Crippen LogP contribution in [-0.2, 0) is 10.9 Å². The summed E-state index contributed by atoms with van der Waals surface area (Å²) >= 11 is 0.721. The van der Waals surface area contributed by atoms with E-state index in [1.165, 1.54) is 4.90 Å². The molecule has 29 heavy (non-hydrogen) atoms. The van der Waals surface area contributed by atoms with E-state index in [2.05, 4.69) is 10.3 Å². The third-order valence-electron chi connectivity index (χ3n) is 4.48. The second kappa shape index (κ2) is 8.81. The fraction of sp³-hybridized carbons (Fsp3) is 0.421. The van der Waals surface area contributed by atoms with Crippen LogP contribution in [0.3, 0.4) is 0 Å². The highest BCUT2D eigenvalue weighted by Crippen LogP contribution is 2.37. The van der Waals surface area contributed by atoms with Gasteiger partial charge in [-0.05, 0) is 19.8 Å². The first-order valence-electron chi connectivity index (χ1n) is 9.15. The number of piperidine rings is 1. The van der Waals surface area contributed by atoms with Crippen molar-refractivity contribution in [2.45, 2.75) is 32.0 Å². The van der Waals surface area contributed by atoms with E-state index in [9.17, 15) is 22.8 Å². The largest absolute Gasteiger partial charge is 0.450 e. The maximum Gasteiger partial charge on any atom is 0.435 e. The number of nitrogens with zero attached hydrogens (tertiary/aromatic N) is 2. The Hall–Kier alpha value is -2.62. The van der Waals surface area contributed by atoms with E-state index in [0.29, 0.717) is 31.5 Å². The van der Waals surface area contributed by atoms with Gasteiger partial charge in [-0.3, -0.25) is 4.79 Å². The van der Waals surface area contributed by atoms with E-state index in [1.807, 2.05) is 0 Å². The molecule has 1 aliphatic heterocycles. The van der Waals surface area contributed by atoms with Gasteiger partial charge in [0, 0.05) is 24.7 Å². The predicted molar refractivity (Wildman–Crippen MR) is 102 cm³/mol. The normalized spacial score (nSPS) is 15.2. The van der Waals surface area contributed by atoms with Crippen molar-refractivity contribution in [3.8, 4) is 10.6 Å². The summed E-state index contributed by atoms with van der Waals surface area (Å²) in [6.07, 6.45) is -4.28. The van der Waals surface area contributed by atoms with Gasteiger partial charge >= 0.3 is 12.3 Å². The summed E-state index contributed by atoms with van der Waals surface area (Å²) < 4.78 is 45.2. The average molecular weight is 427 g/mol. The molecule has 1 N–H and O–H groups in total. The van der Waals surface area contributed by atoms with E-state index in [0.717, 1.165) is 11.3 Å². The lowest BCUT2D eigenvalue weighted by atomic mass is 10.1. The van der Waals surface area contributed by atoms with Crippen molar-refractivity contribution >= 4 is 23.3 Å². The molecular formula is C19H20F3N3O3S. The topological polar surface area (TPSA) is 71.5 Å². The van der Waals surface area contributed by atoms with Gasteiger partial charge in [0.1, 0.15) is 9.88 Å². The Labute approximate surface area is 169 Å². The van der Waals surface area contributed by atoms with Crippen molar-refractivity contribution in [3.63, 3.8) is 0 Å². The van der Waals surface area contributed by atoms with Crippen molar-refractivity contribution in [1.29, 1.82) is 0 Å². The summed E-state index contributed by atoms with van der Waals surface area (Å²) in [6.45, 7) is 2.72. The first kappa shape index (κ1) is 21.1. The highest BCUT2D eigenvalue weighted by Gasteiger charge is 2.40. The van der Waals surface area contributed by atoms with E-state index in [4.69, 9.17) is 4.74 Å². The SMILES string of the molecule is CCOC(=O)N1CCC(NC(=O)c2sc(-c3ccccc3)nc2C(F)(F)F)CC1. The number of benzene rings is 1. The number of halogens is 3. The molecule has 0 aliphatic carbocycles. The van der Waals surface area contributed by atoms with Gasteiger partial charge in [0.25, 0.3) is 5.91 Å². The Balaban J connectivity index is 1.72. The molecule has 0 bridgehead atoms. The maximum absolute atomic E-state index is 13.4. The van der Waals surface area contributed by atoms with Gasteiger partial charge in [0.2, 0.25) is 0 Å². The Morgan fingerprint density at radius 1 is 1.24 bits per heavy atom. The third kappa shape index (κ3) is 5.06. The number of ether oxygens (including phenoxy) is 1. The van der Waals surface area contributed by atoms with E-state index in [-0.39, 0.29) is 17.7 Å². The van der Waals surface area contributed by atoms with Crippen molar-refractivity contribution in [1.82, 2.24) is 15.2 Å². The average Bonchev–Trinajstić information content (AvgIpc) is 3.16. The summed E-state index contributed by atoms with van der Waals surface area (Å²) in [6, 6.07) is 8.11. The highest BCUT2D eigenvalue weighted by atomic mass is 32.1. The molecule has 1 aliphatic rings. The molecule has 0 saturated carbocycles. The molecule has 156 valence electrons. The Morgan fingerprint density at radius 3 is 2.48 bits per heavy atom. The molecular weight excluding hydrogens is 407 g/mol. The fourth-order valence-electron chi connectivity index (χ4n) is 3.04. The van der Waals surface area contributed by atoms with Crippen LogP contribution >= 0.6 is 11.3 Å². The molecule has 2 aromatic rings. The summed E-state index contributed by atoms with van der Waals surface area (Å²) in [5.41, 5.74) is -0.660. The minimum Gasteiger partial charge on any atom is -0.450 e. The van der Waals surface area contributed by atoms with Crippen molar-refractivity contribution in [2.24, 2.45) is 0 Å². The Kier molecular flexibility index (Phi) is 6.41. The van der Waals surface area contributed by atoms with Crippen molar-refractivity contribution in [2.75, 3.05) is 19.7 Å². The number of carbonyl (C=O) groups is 2. The van der Waals surface area contributed by atoms with Crippen LogP contribution in [0.1, 0.15) is 35.1 Å². The van der Waals surface area contributed by atoms with Gasteiger partial charge in [-0.25, -0.2) is 9.78 Å². The summed E-state index contributed by atoms with van der Waals surface area (Å²) in [5, 5.41) is 2.80. The number of hydrogen-bond acceptors (Lipinski definition) is 5. The zero-order chi connectivity index (χ0) is 21.0. The van der Waals surface area contributed by atoms with E-state index in [1.54, 1.807) is 37.3 Å². The predicted octanol–water partition coefficient (Wildman–Crippen LogP) is 4.18. The fourth-order valence-corrected chi connectivity index (χ4v) is 4.04. The van der Waals surface area contributed by atoms with Gasteiger partial charge in [-0.1, -0.05) is 30.3 Å². The van der Waals surface area contributed by atoms with E-state index >= 15 is 0 Å². The van der Waals surface area contributed by atoms with Crippen LogP contribution in [0.4, 0.5) is 18.0 Å². The van der Waals surface area contributed by atoms with Crippen LogP contribution in [0.15, 0.2) is 30.3 Å². The maximum atomic E-state index is 13.4. The molecule has 0 unspecified atom stereocenters. The molecule has 3 rings (SSSR count). The van der Waals surface area contributed by atoms with Crippen LogP contribution < -0.4 is 5.32 Å². The number of rotatable bonds is 4. The summed E-state index contributed by atoms with van der Waals surface area (Å²) in [7, 11) is 0. The van der Waals surface area contributed by atoms with Crippen LogP contribution in [0.25, 0.3) is 10.6 Å². The number of alkyl halides is 3. The zero-order valence-electron chi connectivity index (χ0n) is 15.7. The molecule has 1 saturated heterocycles. The lowest BCUT2D eigenvalue weighted by Crippen LogP contribution is -2.46. The molecule has 0 spiro atoms. The number of thiazole rings is 1. The molecule has 1 aromatic carbocycles. The minimum absolute atomic E-state index is 0.139. The molecule has 2 heterocycles. The monoisotopic (exact) mass is 427 g/mol. The van der Waals surface area contributed by atoms with Crippen LogP contribution in [-0.4, -0.2) is 47.6 Å². The molecule has 1 fully saturated rings. The Morgan fingerprint density at radius 2 is 1.90 bits per heavy atom. The number of nitrogens with one attached hydrogen (secondary N) is 1. The van der Waals surface area contributed by atoms with Gasteiger partial charge in [0.05, 0.1) is 6.61 Å². The smallest absolute Gasteiger partial charge is 0.435 e. The number of amides is 2.